The van der Waals surface area contributed by atoms with E-state index in [1.807, 2.05) is 12.1 Å². The van der Waals surface area contributed by atoms with Crippen LogP contribution >= 0.6 is 0 Å². The molecule has 1 rings (SSSR count). The predicted octanol–water partition coefficient (Wildman–Crippen LogP) is 4.17. The Hall–Kier alpha value is -0.980. The van der Waals surface area contributed by atoms with E-state index < -0.39 is 0 Å². The summed E-state index contributed by atoms with van der Waals surface area (Å²) in [7, 11) is 0. The van der Waals surface area contributed by atoms with Gasteiger partial charge in [0.05, 0.1) is 0 Å². The van der Waals surface area contributed by atoms with Crippen molar-refractivity contribution in [1.29, 1.82) is 0 Å². The molecule has 0 spiro atoms. The summed E-state index contributed by atoms with van der Waals surface area (Å²) in [5, 5.41) is 9.82. The van der Waals surface area contributed by atoms with E-state index in [1.165, 1.54) is 0 Å². The molecule has 1 radical (unpaired) electrons. The van der Waals surface area contributed by atoms with E-state index in [9.17, 15) is 5.11 Å². The lowest BCUT2D eigenvalue weighted by molar-refractivity contribution is 0.465. The van der Waals surface area contributed by atoms with Gasteiger partial charge in [0, 0.05) is 0 Å². The molecule has 1 aromatic carbocycles. The molecular formula is C15H23O. The van der Waals surface area contributed by atoms with Crippen LogP contribution in [-0.2, 0) is 10.8 Å². The number of rotatable bonds is 0. The smallest absolute Gasteiger partial charge is 0.116 e. The van der Waals surface area contributed by atoms with E-state index in [4.69, 9.17) is 0 Å². The molecule has 0 saturated heterocycles. The Bertz CT molecular complexity index is 354. The highest BCUT2D eigenvalue weighted by Crippen LogP contribution is 2.36. The third kappa shape index (κ3) is 2.58. The lowest BCUT2D eigenvalue weighted by Gasteiger charge is -2.28. The van der Waals surface area contributed by atoms with Crippen molar-refractivity contribution in [2.24, 2.45) is 0 Å². The Labute approximate surface area is 99.5 Å². The highest BCUT2D eigenvalue weighted by Gasteiger charge is 2.24. The van der Waals surface area contributed by atoms with E-state index in [2.05, 4.69) is 48.5 Å². The van der Waals surface area contributed by atoms with Gasteiger partial charge in [0.25, 0.3) is 0 Å². The number of aromatic hydroxyl groups is 1. The maximum Gasteiger partial charge on any atom is 0.116 e. The Morgan fingerprint density at radius 3 is 1.44 bits per heavy atom. The van der Waals surface area contributed by atoms with E-state index in [-0.39, 0.29) is 10.8 Å². The minimum Gasteiger partial charge on any atom is -0.508 e. The van der Waals surface area contributed by atoms with Crippen LogP contribution in [0.15, 0.2) is 12.1 Å². The van der Waals surface area contributed by atoms with Gasteiger partial charge in [0.2, 0.25) is 0 Å². The van der Waals surface area contributed by atoms with Gasteiger partial charge in [-0.3, -0.25) is 0 Å². The molecule has 0 bridgehead atoms. The maximum absolute atomic E-state index is 9.82. The lowest BCUT2D eigenvalue weighted by atomic mass is 9.76. The van der Waals surface area contributed by atoms with Crippen molar-refractivity contribution in [3.63, 3.8) is 0 Å². The van der Waals surface area contributed by atoms with Crippen molar-refractivity contribution < 1.29 is 5.11 Å². The summed E-state index contributed by atoms with van der Waals surface area (Å²) in [6.07, 6.45) is 0. The minimum atomic E-state index is 0.00975. The Morgan fingerprint density at radius 1 is 0.875 bits per heavy atom. The van der Waals surface area contributed by atoms with Crippen molar-refractivity contribution in [2.75, 3.05) is 0 Å². The fourth-order valence-electron chi connectivity index (χ4n) is 2.00. The van der Waals surface area contributed by atoms with Crippen LogP contribution in [0.1, 0.15) is 58.2 Å². The maximum atomic E-state index is 9.82. The van der Waals surface area contributed by atoms with Gasteiger partial charge in [-0.25, -0.2) is 0 Å². The molecule has 0 fully saturated rings. The van der Waals surface area contributed by atoms with Crippen LogP contribution < -0.4 is 0 Å². The third-order valence-electron chi connectivity index (χ3n) is 2.85. The van der Waals surface area contributed by atoms with Gasteiger partial charge in [-0.15, -0.1) is 0 Å². The third-order valence-corrected chi connectivity index (χ3v) is 2.85. The first-order chi connectivity index (χ1) is 7.03. The number of benzene rings is 1. The van der Waals surface area contributed by atoms with Crippen LogP contribution in [0, 0.1) is 6.92 Å². The normalized spacial score (nSPS) is 12.9. The molecule has 89 valence electrons. The van der Waals surface area contributed by atoms with Gasteiger partial charge in [-0.05, 0) is 46.6 Å². The quantitative estimate of drug-likeness (QED) is 0.694. The second kappa shape index (κ2) is 3.80. The molecule has 1 heteroatoms. The predicted molar refractivity (Wildman–Crippen MR) is 70.0 cm³/mol. The fourth-order valence-corrected chi connectivity index (χ4v) is 2.00. The zero-order valence-electron chi connectivity index (χ0n) is 11.3. The zero-order valence-corrected chi connectivity index (χ0v) is 11.3. The van der Waals surface area contributed by atoms with E-state index in [1.54, 1.807) is 0 Å². The molecule has 0 aromatic heterocycles. The van der Waals surface area contributed by atoms with Crippen LogP contribution in [0.5, 0.6) is 5.75 Å². The van der Waals surface area contributed by atoms with E-state index >= 15 is 0 Å². The van der Waals surface area contributed by atoms with Gasteiger partial charge >= 0.3 is 0 Å². The number of hydrogen-bond donors (Lipinski definition) is 1. The molecule has 0 amide bonds. The van der Waals surface area contributed by atoms with Crippen LogP contribution in [0.3, 0.4) is 0 Å². The summed E-state index contributed by atoms with van der Waals surface area (Å²) in [6.45, 7) is 17.0. The average Bonchev–Trinajstić information content (AvgIpc) is 2.04. The summed E-state index contributed by atoms with van der Waals surface area (Å²) in [5.41, 5.74) is 3.32. The first kappa shape index (κ1) is 13.1. The van der Waals surface area contributed by atoms with Crippen molar-refractivity contribution in [2.45, 2.75) is 52.4 Å². The van der Waals surface area contributed by atoms with Gasteiger partial charge in [0.1, 0.15) is 5.75 Å². The van der Waals surface area contributed by atoms with Crippen molar-refractivity contribution in [3.05, 3.63) is 35.7 Å². The highest BCUT2D eigenvalue weighted by molar-refractivity contribution is 5.49. The molecule has 16 heavy (non-hydrogen) atoms. The monoisotopic (exact) mass is 219 g/mol. The number of hydrogen-bond acceptors (Lipinski definition) is 1. The Morgan fingerprint density at radius 2 is 1.19 bits per heavy atom. The molecule has 0 atom stereocenters. The van der Waals surface area contributed by atoms with Crippen LogP contribution in [-0.4, -0.2) is 5.11 Å². The van der Waals surface area contributed by atoms with Crippen LogP contribution in [0.4, 0.5) is 0 Å². The van der Waals surface area contributed by atoms with Crippen molar-refractivity contribution >= 4 is 0 Å². The molecular weight excluding hydrogens is 196 g/mol. The summed E-state index contributed by atoms with van der Waals surface area (Å²) < 4.78 is 0. The molecule has 0 unspecified atom stereocenters. The number of phenolic OH excluding ortho intramolecular Hbond substituents is 1. The summed E-state index contributed by atoms with van der Waals surface area (Å²) in [4.78, 5) is 0. The fraction of sp³-hybridized carbons (Fsp3) is 0.533. The minimum absolute atomic E-state index is 0.00975. The molecule has 0 aliphatic carbocycles. The molecule has 1 N–H and O–H groups in total. The Kier molecular flexibility index (Phi) is 3.11. The second-order valence-electron chi connectivity index (χ2n) is 6.52. The van der Waals surface area contributed by atoms with Gasteiger partial charge in [-0.2, -0.15) is 0 Å². The second-order valence-corrected chi connectivity index (χ2v) is 6.52. The van der Waals surface area contributed by atoms with Crippen molar-refractivity contribution in [3.8, 4) is 5.75 Å². The number of phenols is 1. The molecule has 0 aliphatic rings. The Balaban J connectivity index is 3.51. The van der Waals surface area contributed by atoms with E-state index in [0.717, 1.165) is 16.7 Å². The van der Waals surface area contributed by atoms with Gasteiger partial charge in [0.15, 0.2) is 0 Å². The molecule has 1 aromatic rings. The van der Waals surface area contributed by atoms with Gasteiger partial charge < -0.3 is 5.11 Å². The average molecular weight is 219 g/mol. The first-order valence-corrected chi connectivity index (χ1v) is 5.73. The molecule has 0 heterocycles. The van der Waals surface area contributed by atoms with Crippen LogP contribution in [0.25, 0.3) is 0 Å². The zero-order chi connectivity index (χ0) is 12.7. The topological polar surface area (TPSA) is 20.2 Å². The molecule has 0 aliphatic heterocycles. The van der Waals surface area contributed by atoms with Crippen molar-refractivity contribution in [1.82, 2.24) is 0 Å². The standard InChI is InChI=1S/C15H23O/c1-10-12(14(2,3)4)8-11(16)9-13(10)15(5,6)7/h8-9,16H,1H2,2-7H3. The summed E-state index contributed by atoms with van der Waals surface area (Å²) in [6, 6.07) is 3.66. The first-order valence-electron chi connectivity index (χ1n) is 5.73. The van der Waals surface area contributed by atoms with E-state index in [0.29, 0.717) is 5.75 Å². The highest BCUT2D eigenvalue weighted by atomic mass is 16.3. The molecule has 1 nitrogen and oxygen atoms in total. The largest absolute Gasteiger partial charge is 0.508 e. The van der Waals surface area contributed by atoms with Gasteiger partial charge in [-0.1, -0.05) is 41.5 Å². The summed E-state index contributed by atoms with van der Waals surface area (Å²) in [5.74, 6) is 0.335. The van der Waals surface area contributed by atoms with Crippen LogP contribution in [0.2, 0.25) is 0 Å². The molecule has 0 saturated carbocycles. The SMILES string of the molecule is [CH2]c1c(C(C)(C)C)cc(O)cc1C(C)(C)C. The summed E-state index contributed by atoms with van der Waals surface area (Å²) >= 11 is 0. The lowest BCUT2D eigenvalue weighted by Crippen LogP contribution is -2.19.